The standard InChI is InChI=1S/C11H13NO/c1-3-9(2)10-4-6-11(7-5-10)12-8-13/h4-7,9H,3H2,1-2H3/t9-/m1/s1. The van der Waals surface area contributed by atoms with Crippen LogP contribution >= 0.6 is 0 Å². The van der Waals surface area contributed by atoms with E-state index in [0.717, 1.165) is 6.42 Å². The third-order valence-electron chi connectivity index (χ3n) is 2.25. The molecule has 0 fully saturated rings. The summed E-state index contributed by atoms with van der Waals surface area (Å²) in [6.07, 6.45) is 2.64. The zero-order chi connectivity index (χ0) is 9.68. The number of hydrogen-bond acceptors (Lipinski definition) is 2. The van der Waals surface area contributed by atoms with Crippen molar-refractivity contribution in [3.05, 3.63) is 29.8 Å². The summed E-state index contributed by atoms with van der Waals surface area (Å²) in [5.74, 6) is 0.564. The second-order valence-electron chi connectivity index (χ2n) is 3.10. The van der Waals surface area contributed by atoms with E-state index in [1.54, 1.807) is 0 Å². The number of hydrogen-bond donors (Lipinski definition) is 0. The molecule has 2 nitrogen and oxygen atoms in total. The molecular weight excluding hydrogens is 162 g/mol. The number of rotatable bonds is 3. The largest absolute Gasteiger partial charge is 0.240 e. The molecule has 2 heteroatoms. The minimum Gasteiger partial charge on any atom is -0.211 e. The van der Waals surface area contributed by atoms with Gasteiger partial charge in [-0.1, -0.05) is 26.0 Å². The molecule has 0 N–H and O–H groups in total. The third kappa shape index (κ3) is 2.53. The van der Waals surface area contributed by atoms with Gasteiger partial charge in [-0.25, -0.2) is 4.79 Å². The summed E-state index contributed by atoms with van der Waals surface area (Å²) in [7, 11) is 0. The first kappa shape index (κ1) is 9.69. The highest BCUT2D eigenvalue weighted by Crippen LogP contribution is 2.21. The molecule has 0 spiro atoms. The molecule has 0 aliphatic heterocycles. The van der Waals surface area contributed by atoms with Crippen LogP contribution in [0.5, 0.6) is 0 Å². The van der Waals surface area contributed by atoms with E-state index in [1.165, 1.54) is 11.6 Å². The molecule has 0 saturated carbocycles. The predicted molar refractivity (Wildman–Crippen MR) is 52.9 cm³/mol. The number of nitrogens with zero attached hydrogens (tertiary/aromatic N) is 1. The van der Waals surface area contributed by atoms with Crippen molar-refractivity contribution in [1.82, 2.24) is 0 Å². The Morgan fingerprint density at radius 2 is 2.00 bits per heavy atom. The first-order chi connectivity index (χ1) is 6.27. The Hall–Kier alpha value is -1.40. The van der Waals surface area contributed by atoms with Crippen LogP contribution < -0.4 is 0 Å². The van der Waals surface area contributed by atoms with Crippen LogP contribution in [0.4, 0.5) is 5.69 Å². The maximum atomic E-state index is 9.96. The zero-order valence-electron chi connectivity index (χ0n) is 7.95. The molecule has 1 rings (SSSR count). The highest BCUT2D eigenvalue weighted by Gasteiger charge is 2.01. The molecule has 0 aliphatic rings. The molecule has 0 saturated heterocycles. The van der Waals surface area contributed by atoms with E-state index in [9.17, 15) is 4.79 Å². The number of carbonyl (C=O) groups excluding carboxylic acids is 1. The first-order valence-electron chi connectivity index (χ1n) is 4.45. The van der Waals surface area contributed by atoms with E-state index in [1.807, 2.05) is 24.3 Å². The van der Waals surface area contributed by atoms with Gasteiger partial charge in [-0.15, -0.1) is 0 Å². The summed E-state index contributed by atoms with van der Waals surface area (Å²) in [6.45, 7) is 4.33. The molecule has 1 aromatic carbocycles. The van der Waals surface area contributed by atoms with Gasteiger partial charge in [0.25, 0.3) is 0 Å². The van der Waals surface area contributed by atoms with Crippen molar-refractivity contribution in [2.24, 2.45) is 4.99 Å². The Kier molecular flexibility index (Phi) is 3.41. The molecule has 0 bridgehead atoms. The lowest BCUT2D eigenvalue weighted by atomic mass is 9.99. The monoisotopic (exact) mass is 175 g/mol. The van der Waals surface area contributed by atoms with Crippen LogP contribution in [-0.2, 0) is 4.79 Å². The molecule has 0 radical (unpaired) electrons. The zero-order valence-corrected chi connectivity index (χ0v) is 7.95. The van der Waals surface area contributed by atoms with Crippen LogP contribution in [0.1, 0.15) is 31.7 Å². The molecule has 1 atom stereocenters. The van der Waals surface area contributed by atoms with Gasteiger partial charge < -0.3 is 0 Å². The van der Waals surface area contributed by atoms with Gasteiger partial charge in [-0.05, 0) is 30.0 Å². The summed E-state index contributed by atoms with van der Waals surface area (Å²) < 4.78 is 0. The normalized spacial score (nSPS) is 11.8. The molecular formula is C11H13NO. The Balaban J connectivity index is 2.86. The maximum absolute atomic E-state index is 9.96. The van der Waals surface area contributed by atoms with Crippen molar-refractivity contribution in [3.63, 3.8) is 0 Å². The Morgan fingerprint density at radius 3 is 2.46 bits per heavy atom. The van der Waals surface area contributed by atoms with Crippen LogP contribution in [0.15, 0.2) is 29.3 Å². The smallest absolute Gasteiger partial charge is 0.211 e. The van der Waals surface area contributed by atoms with E-state index in [0.29, 0.717) is 11.6 Å². The molecule has 0 heterocycles. The van der Waals surface area contributed by atoms with Gasteiger partial charge in [0.15, 0.2) is 0 Å². The Morgan fingerprint density at radius 1 is 1.38 bits per heavy atom. The van der Waals surface area contributed by atoms with Gasteiger partial charge in [0, 0.05) is 0 Å². The number of isocyanates is 1. The van der Waals surface area contributed by atoms with Gasteiger partial charge >= 0.3 is 0 Å². The summed E-state index contributed by atoms with van der Waals surface area (Å²) in [6, 6.07) is 7.69. The maximum Gasteiger partial charge on any atom is 0.240 e. The summed E-state index contributed by atoms with van der Waals surface area (Å²) in [4.78, 5) is 13.5. The van der Waals surface area contributed by atoms with Gasteiger partial charge in [-0.2, -0.15) is 4.99 Å². The van der Waals surface area contributed by atoms with E-state index < -0.39 is 0 Å². The van der Waals surface area contributed by atoms with Crippen molar-refractivity contribution >= 4 is 11.8 Å². The Labute approximate surface area is 78.3 Å². The lowest BCUT2D eigenvalue weighted by Crippen LogP contribution is -1.89. The highest BCUT2D eigenvalue weighted by molar-refractivity contribution is 5.49. The van der Waals surface area contributed by atoms with Crippen LogP contribution in [0.2, 0.25) is 0 Å². The number of aliphatic imine (C=N–C) groups is 1. The summed E-state index contributed by atoms with van der Waals surface area (Å²) in [5, 5.41) is 0. The van der Waals surface area contributed by atoms with Crippen LogP contribution in [-0.4, -0.2) is 6.08 Å². The summed E-state index contributed by atoms with van der Waals surface area (Å²) >= 11 is 0. The third-order valence-corrected chi connectivity index (χ3v) is 2.25. The van der Waals surface area contributed by atoms with E-state index in [-0.39, 0.29) is 0 Å². The quantitative estimate of drug-likeness (QED) is 0.512. The molecule has 0 unspecified atom stereocenters. The average molecular weight is 175 g/mol. The average Bonchev–Trinajstić information content (AvgIpc) is 2.18. The molecule has 1 aromatic rings. The second-order valence-corrected chi connectivity index (χ2v) is 3.10. The van der Waals surface area contributed by atoms with E-state index in [4.69, 9.17) is 0 Å². The van der Waals surface area contributed by atoms with Crippen LogP contribution in [0.3, 0.4) is 0 Å². The Bertz CT molecular complexity index is 309. The second kappa shape index (κ2) is 4.58. The molecule has 0 amide bonds. The fourth-order valence-electron chi connectivity index (χ4n) is 1.17. The fourth-order valence-corrected chi connectivity index (χ4v) is 1.17. The highest BCUT2D eigenvalue weighted by atomic mass is 16.1. The van der Waals surface area contributed by atoms with Crippen LogP contribution in [0, 0.1) is 0 Å². The fraction of sp³-hybridized carbons (Fsp3) is 0.364. The topological polar surface area (TPSA) is 29.4 Å². The predicted octanol–water partition coefficient (Wildman–Crippen LogP) is 3.17. The van der Waals surface area contributed by atoms with Gasteiger partial charge in [0.1, 0.15) is 0 Å². The lowest BCUT2D eigenvalue weighted by Gasteiger charge is -2.07. The minimum absolute atomic E-state index is 0.564. The number of benzene rings is 1. The van der Waals surface area contributed by atoms with Crippen molar-refractivity contribution in [2.45, 2.75) is 26.2 Å². The van der Waals surface area contributed by atoms with E-state index >= 15 is 0 Å². The van der Waals surface area contributed by atoms with Crippen molar-refractivity contribution in [1.29, 1.82) is 0 Å². The van der Waals surface area contributed by atoms with Crippen molar-refractivity contribution < 1.29 is 4.79 Å². The lowest BCUT2D eigenvalue weighted by molar-refractivity contribution is 0.565. The van der Waals surface area contributed by atoms with Gasteiger partial charge in [0.2, 0.25) is 6.08 Å². The van der Waals surface area contributed by atoms with Crippen molar-refractivity contribution in [2.75, 3.05) is 0 Å². The van der Waals surface area contributed by atoms with Gasteiger partial charge in [-0.3, -0.25) is 0 Å². The molecule has 0 aliphatic carbocycles. The van der Waals surface area contributed by atoms with Crippen LogP contribution in [0.25, 0.3) is 0 Å². The SMILES string of the molecule is CC[C@@H](C)c1ccc(N=C=O)cc1. The summed E-state index contributed by atoms with van der Waals surface area (Å²) in [5.41, 5.74) is 1.95. The molecule has 68 valence electrons. The van der Waals surface area contributed by atoms with E-state index in [2.05, 4.69) is 18.8 Å². The van der Waals surface area contributed by atoms with Gasteiger partial charge in [0.05, 0.1) is 5.69 Å². The van der Waals surface area contributed by atoms with Crippen molar-refractivity contribution in [3.8, 4) is 0 Å². The molecule has 0 aromatic heterocycles. The first-order valence-corrected chi connectivity index (χ1v) is 4.45. The molecule has 13 heavy (non-hydrogen) atoms. The minimum atomic E-state index is 0.564.